The summed E-state index contributed by atoms with van der Waals surface area (Å²) in [6, 6.07) is 22.4. The molecule has 1 aliphatic rings. The third-order valence-electron chi connectivity index (χ3n) is 6.29. The Hall–Kier alpha value is -4.76. The van der Waals surface area contributed by atoms with Crippen LogP contribution in [-0.4, -0.2) is 24.0 Å². The van der Waals surface area contributed by atoms with Gasteiger partial charge in [-0.15, -0.1) is 0 Å². The fourth-order valence-corrected chi connectivity index (χ4v) is 5.58. The molecule has 0 fully saturated rings. The van der Waals surface area contributed by atoms with Gasteiger partial charge in [0, 0.05) is 0 Å². The van der Waals surface area contributed by atoms with Crippen LogP contribution in [0, 0.1) is 6.92 Å². The molecule has 38 heavy (non-hydrogen) atoms. The first-order chi connectivity index (χ1) is 18.5. The molecule has 3 aromatic carbocycles. The zero-order valence-corrected chi connectivity index (χ0v) is 21.2. The fourth-order valence-electron chi connectivity index (χ4n) is 4.57. The molecule has 188 valence electrons. The number of anilines is 1. The van der Waals surface area contributed by atoms with Crippen LogP contribution in [0.4, 0.5) is 5.13 Å². The monoisotopic (exact) mass is 524 g/mol. The first-order valence-corrected chi connectivity index (χ1v) is 12.6. The SMILES string of the molecule is COC(=O)c1sc(N2C(=O)c3oc4ccccc4c(=O)c3[C@@H]2c2cccc(Oc3ccccc3)c2)nc1C. The Morgan fingerprint density at radius 2 is 1.71 bits per heavy atom. The molecule has 1 amide bonds. The zero-order valence-electron chi connectivity index (χ0n) is 20.3. The number of esters is 1. The second kappa shape index (κ2) is 9.28. The number of aryl methyl sites for hydroxylation is 1. The second-order valence-electron chi connectivity index (χ2n) is 8.64. The fraction of sp³-hybridized carbons (Fsp3) is 0.103. The van der Waals surface area contributed by atoms with E-state index in [4.69, 9.17) is 13.9 Å². The maximum atomic E-state index is 13.8. The quantitative estimate of drug-likeness (QED) is 0.265. The van der Waals surface area contributed by atoms with Gasteiger partial charge >= 0.3 is 5.97 Å². The van der Waals surface area contributed by atoms with Gasteiger partial charge in [0.25, 0.3) is 5.91 Å². The first-order valence-electron chi connectivity index (χ1n) is 11.7. The van der Waals surface area contributed by atoms with Gasteiger partial charge in [-0.1, -0.05) is 53.8 Å². The van der Waals surface area contributed by atoms with Gasteiger partial charge in [0.2, 0.25) is 5.76 Å². The van der Waals surface area contributed by atoms with E-state index in [0.717, 1.165) is 11.3 Å². The number of fused-ring (bicyclic) bond motifs is 2. The predicted molar refractivity (Wildman–Crippen MR) is 142 cm³/mol. The van der Waals surface area contributed by atoms with E-state index in [1.165, 1.54) is 12.0 Å². The van der Waals surface area contributed by atoms with Crippen molar-refractivity contribution in [2.24, 2.45) is 0 Å². The lowest BCUT2D eigenvalue weighted by Crippen LogP contribution is -2.29. The largest absolute Gasteiger partial charge is 0.465 e. The summed E-state index contributed by atoms with van der Waals surface area (Å²) in [7, 11) is 1.28. The van der Waals surface area contributed by atoms with E-state index in [9.17, 15) is 14.4 Å². The molecule has 0 N–H and O–H groups in total. The molecule has 6 rings (SSSR count). The molecule has 5 aromatic rings. The number of thiazole rings is 1. The highest BCUT2D eigenvalue weighted by atomic mass is 32.1. The normalized spacial score (nSPS) is 14.5. The zero-order chi connectivity index (χ0) is 26.4. The number of benzene rings is 3. The number of nitrogens with zero attached hydrogens (tertiary/aromatic N) is 2. The molecule has 1 atom stereocenters. The lowest BCUT2D eigenvalue weighted by molar-refractivity contribution is 0.0605. The van der Waals surface area contributed by atoms with Crippen molar-refractivity contribution in [3.8, 4) is 11.5 Å². The van der Waals surface area contributed by atoms with Crippen molar-refractivity contribution >= 4 is 39.3 Å². The number of methoxy groups -OCH3 is 1. The third kappa shape index (κ3) is 3.84. The van der Waals surface area contributed by atoms with Gasteiger partial charge in [0.15, 0.2) is 10.6 Å². The Kier molecular flexibility index (Phi) is 5.77. The van der Waals surface area contributed by atoms with Crippen LogP contribution in [0.1, 0.15) is 43.1 Å². The predicted octanol–water partition coefficient (Wildman–Crippen LogP) is 5.89. The number of ether oxygens (including phenoxy) is 2. The minimum atomic E-state index is -0.853. The molecule has 0 saturated carbocycles. The molecule has 8 nitrogen and oxygen atoms in total. The summed E-state index contributed by atoms with van der Waals surface area (Å²) in [5.41, 5.74) is 1.26. The standard InChI is InChI=1S/C29H20N2O6S/c1-16-26(28(34)35-2)38-29(30-16)31-23(17-9-8-12-19(15-17)36-18-10-4-3-5-11-18)22-24(32)20-13-6-7-14-21(20)37-25(22)27(31)33/h3-15,23H,1-2H3/t23-/m0/s1. The number of hydrogen-bond donors (Lipinski definition) is 0. The highest BCUT2D eigenvalue weighted by Gasteiger charge is 2.45. The first kappa shape index (κ1) is 23.6. The molecule has 3 heterocycles. The highest BCUT2D eigenvalue weighted by molar-refractivity contribution is 7.17. The van der Waals surface area contributed by atoms with Gasteiger partial charge in [0.1, 0.15) is 22.0 Å². The molecule has 0 unspecified atom stereocenters. The summed E-state index contributed by atoms with van der Waals surface area (Å²) in [6.45, 7) is 1.67. The van der Waals surface area contributed by atoms with Crippen molar-refractivity contribution in [1.29, 1.82) is 0 Å². The molecular formula is C29H20N2O6S. The van der Waals surface area contributed by atoms with Crippen molar-refractivity contribution in [2.75, 3.05) is 12.0 Å². The second-order valence-corrected chi connectivity index (χ2v) is 9.62. The van der Waals surface area contributed by atoms with Crippen molar-refractivity contribution in [3.05, 3.63) is 117 Å². The summed E-state index contributed by atoms with van der Waals surface area (Å²) in [4.78, 5) is 46.1. The van der Waals surface area contributed by atoms with Gasteiger partial charge in [-0.3, -0.25) is 14.5 Å². The molecule has 9 heteroatoms. The van der Waals surface area contributed by atoms with E-state index in [1.54, 1.807) is 49.4 Å². The van der Waals surface area contributed by atoms with Crippen LogP contribution in [0.15, 0.2) is 88.1 Å². The highest BCUT2D eigenvalue weighted by Crippen LogP contribution is 2.44. The lowest BCUT2D eigenvalue weighted by atomic mass is 9.98. The maximum absolute atomic E-state index is 13.8. The third-order valence-corrected chi connectivity index (χ3v) is 7.43. The van der Waals surface area contributed by atoms with E-state index in [1.807, 2.05) is 36.4 Å². The maximum Gasteiger partial charge on any atom is 0.350 e. The summed E-state index contributed by atoms with van der Waals surface area (Å²) in [5, 5.41) is 0.621. The summed E-state index contributed by atoms with van der Waals surface area (Å²) < 4.78 is 16.9. The van der Waals surface area contributed by atoms with Crippen molar-refractivity contribution < 1.29 is 23.5 Å². The van der Waals surface area contributed by atoms with Gasteiger partial charge in [0.05, 0.1) is 29.8 Å². The van der Waals surface area contributed by atoms with Crippen molar-refractivity contribution in [2.45, 2.75) is 13.0 Å². The van der Waals surface area contributed by atoms with E-state index >= 15 is 0 Å². The topological polar surface area (TPSA) is 98.9 Å². The molecule has 0 aliphatic carbocycles. The summed E-state index contributed by atoms with van der Waals surface area (Å²) in [6.07, 6.45) is 0. The van der Waals surface area contributed by atoms with E-state index in [-0.39, 0.29) is 26.8 Å². The number of rotatable bonds is 5. The number of carbonyl (C=O) groups is 2. The van der Waals surface area contributed by atoms with E-state index < -0.39 is 17.9 Å². The van der Waals surface area contributed by atoms with Crippen LogP contribution >= 0.6 is 11.3 Å². The molecule has 0 saturated heterocycles. The van der Waals surface area contributed by atoms with Crippen LogP contribution in [0.5, 0.6) is 11.5 Å². The molecule has 0 bridgehead atoms. The van der Waals surface area contributed by atoms with Gasteiger partial charge in [-0.05, 0) is 48.9 Å². The van der Waals surface area contributed by atoms with E-state index in [2.05, 4.69) is 4.98 Å². The Labute approximate surface area is 220 Å². The number of hydrogen-bond acceptors (Lipinski definition) is 8. The number of amides is 1. The number of carbonyl (C=O) groups excluding carboxylic acids is 2. The van der Waals surface area contributed by atoms with Gasteiger partial charge in [-0.2, -0.15) is 0 Å². The van der Waals surface area contributed by atoms with Gasteiger partial charge < -0.3 is 13.9 Å². The Morgan fingerprint density at radius 1 is 0.974 bits per heavy atom. The lowest BCUT2D eigenvalue weighted by Gasteiger charge is -2.23. The molecule has 1 aliphatic heterocycles. The van der Waals surface area contributed by atoms with Crippen LogP contribution in [-0.2, 0) is 4.74 Å². The smallest absolute Gasteiger partial charge is 0.350 e. The van der Waals surface area contributed by atoms with E-state index in [0.29, 0.717) is 33.7 Å². The number of para-hydroxylation sites is 2. The summed E-state index contributed by atoms with van der Waals surface area (Å²) in [5.74, 6) is 0.0524. The Balaban J connectivity index is 1.55. The average Bonchev–Trinajstić information content (AvgIpc) is 3.46. The minimum Gasteiger partial charge on any atom is -0.465 e. The average molecular weight is 525 g/mol. The minimum absolute atomic E-state index is 0.0550. The molecule has 2 aromatic heterocycles. The van der Waals surface area contributed by atoms with Crippen LogP contribution in [0.2, 0.25) is 0 Å². The van der Waals surface area contributed by atoms with Crippen LogP contribution in [0.25, 0.3) is 11.0 Å². The molecule has 0 spiro atoms. The van der Waals surface area contributed by atoms with Crippen LogP contribution in [0.3, 0.4) is 0 Å². The Bertz CT molecular complexity index is 1780. The Morgan fingerprint density at radius 3 is 2.50 bits per heavy atom. The van der Waals surface area contributed by atoms with Crippen molar-refractivity contribution in [1.82, 2.24) is 4.98 Å². The summed E-state index contributed by atoms with van der Waals surface area (Å²) >= 11 is 1.02. The molecule has 0 radical (unpaired) electrons. The van der Waals surface area contributed by atoms with Crippen molar-refractivity contribution in [3.63, 3.8) is 0 Å². The number of aromatic nitrogens is 1. The molecular weight excluding hydrogens is 504 g/mol. The van der Waals surface area contributed by atoms with Gasteiger partial charge in [-0.25, -0.2) is 9.78 Å². The van der Waals surface area contributed by atoms with Crippen LogP contribution < -0.4 is 15.1 Å².